The van der Waals surface area contributed by atoms with Crippen LogP contribution in [0, 0.1) is 5.92 Å². The van der Waals surface area contributed by atoms with Crippen LogP contribution < -0.4 is 15.5 Å². The highest BCUT2D eigenvalue weighted by Gasteiger charge is 2.20. The van der Waals surface area contributed by atoms with Gasteiger partial charge in [0.05, 0.1) is 12.8 Å². The summed E-state index contributed by atoms with van der Waals surface area (Å²) in [5.74, 6) is 0.555. The monoisotopic (exact) mass is 393 g/mol. The normalized spacial score (nSPS) is 14.9. The summed E-state index contributed by atoms with van der Waals surface area (Å²) in [6.07, 6.45) is 5.30. The molecule has 0 spiro atoms. The van der Waals surface area contributed by atoms with Gasteiger partial charge in [-0.15, -0.1) is 0 Å². The third-order valence-electron chi connectivity index (χ3n) is 5.20. The highest BCUT2D eigenvalue weighted by Crippen LogP contribution is 2.23. The third-order valence-corrected chi connectivity index (χ3v) is 5.20. The number of hydrogen-bond donors (Lipinski definition) is 2. The minimum absolute atomic E-state index is 0.00647. The van der Waals surface area contributed by atoms with Crippen molar-refractivity contribution in [1.82, 2.24) is 5.43 Å². The number of rotatable bonds is 6. The molecule has 1 aliphatic carbocycles. The molecule has 2 N–H and O–H groups in total. The SMILES string of the molecule is COc1ccc(C(=O)Nc2cccc(C(C)=NNC(=O)C3CCCCC3)c2)cc1. The first-order valence-corrected chi connectivity index (χ1v) is 9.97. The zero-order chi connectivity index (χ0) is 20.6. The maximum absolute atomic E-state index is 12.4. The van der Waals surface area contributed by atoms with Crippen molar-refractivity contribution < 1.29 is 14.3 Å². The lowest BCUT2D eigenvalue weighted by Crippen LogP contribution is -2.29. The molecule has 0 aromatic heterocycles. The predicted octanol–water partition coefficient (Wildman–Crippen LogP) is 4.37. The van der Waals surface area contributed by atoms with Crippen LogP contribution in [0.4, 0.5) is 5.69 Å². The zero-order valence-corrected chi connectivity index (χ0v) is 16.9. The largest absolute Gasteiger partial charge is 0.497 e. The molecular formula is C23H27N3O3. The molecular weight excluding hydrogens is 366 g/mol. The molecule has 0 bridgehead atoms. The molecule has 2 aromatic carbocycles. The molecule has 1 fully saturated rings. The van der Waals surface area contributed by atoms with E-state index in [9.17, 15) is 9.59 Å². The van der Waals surface area contributed by atoms with E-state index in [4.69, 9.17) is 4.74 Å². The van der Waals surface area contributed by atoms with E-state index >= 15 is 0 Å². The van der Waals surface area contributed by atoms with Crippen molar-refractivity contribution in [3.8, 4) is 5.75 Å². The summed E-state index contributed by atoms with van der Waals surface area (Å²) in [6.45, 7) is 1.84. The van der Waals surface area contributed by atoms with E-state index in [2.05, 4.69) is 15.8 Å². The van der Waals surface area contributed by atoms with E-state index in [1.165, 1.54) is 6.42 Å². The fourth-order valence-corrected chi connectivity index (χ4v) is 3.43. The van der Waals surface area contributed by atoms with Gasteiger partial charge < -0.3 is 10.1 Å². The Balaban J connectivity index is 1.63. The Bertz CT molecular complexity index is 884. The van der Waals surface area contributed by atoms with Crippen molar-refractivity contribution in [2.24, 2.45) is 11.0 Å². The fraction of sp³-hybridized carbons (Fsp3) is 0.348. The van der Waals surface area contributed by atoms with Crippen molar-refractivity contribution >= 4 is 23.2 Å². The summed E-state index contributed by atoms with van der Waals surface area (Å²) in [5.41, 5.74) is 5.43. The number of benzene rings is 2. The van der Waals surface area contributed by atoms with E-state index in [1.54, 1.807) is 31.4 Å². The van der Waals surface area contributed by atoms with Crippen LogP contribution in [0.15, 0.2) is 53.6 Å². The molecule has 0 saturated heterocycles. The molecule has 152 valence electrons. The maximum atomic E-state index is 12.4. The van der Waals surface area contributed by atoms with E-state index in [-0.39, 0.29) is 17.7 Å². The average molecular weight is 393 g/mol. The molecule has 1 saturated carbocycles. The molecule has 0 unspecified atom stereocenters. The first-order chi connectivity index (χ1) is 14.1. The van der Waals surface area contributed by atoms with Crippen molar-refractivity contribution in [2.45, 2.75) is 39.0 Å². The van der Waals surface area contributed by atoms with E-state index in [0.29, 0.717) is 22.7 Å². The van der Waals surface area contributed by atoms with Crippen molar-refractivity contribution in [3.63, 3.8) is 0 Å². The lowest BCUT2D eigenvalue weighted by Gasteiger charge is -2.19. The Kier molecular flexibility index (Phi) is 7.00. The number of methoxy groups -OCH3 is 1. The maximum Gasteiger partial charge on any atom is 0.255 e. The molecule has 0 aliphatic heterocycles. The number of hydrogen-bond acceptors (Lipinski definition) is 4. The minimum atomic E-state index is -0.204. The van der Waals surface area contributed by atoms with Crippen molar-refractivity contribution in [2.75, 3.05) is 12.4 Å². The Morgan fingerprint density at radius 3 is 2.41 bits per heavy atom. The summed E-state index contributed by atoms with van der Waals surface area (Å²) in [5, 5.41) is 7.14. The first-order valence-electron chi connectivity index (χ1n) is 9.97. The van der Waals surface area contributed by atoms with Crippen LogP contribution in [0.5, 0.6) is 5.75 Å². The Hall–Kier alpha value is -3.15. The molecule has 2 amide bonds. The summed E-state index contributed by atoms with van der Waals surface area (Å²) in [4.78, 5) is 24.7. The van der Waals surface area contributed by atoms with Crippen molar-refractivity contribution in [3.05, 3.63) is 59.7 Å². The molecule has 29 heavy (non-hydrogen) atoms. The van der Waals surface area contributed by atoms with E-state index in [0.717, 1.165) is 31.2 Å². The van der Waals surface area contributed by atoms with Crippen LogP contribution in [0.25, 0.3) is 0 Å². The van der Waals surface area contributed by atoms with E-state index < -0.39 is 0 Å². The third kappa shape index (κ3) is 5.67. The van der Waals surface area contributed by atoms with Crippen LogP contribution in [-0.2, 0) is 4.79 Å². The van der Waals surface area contributed by atoms with Gasteiger partial charge in [-0.05, 0) is 61.7 Å². The lowest BCUT2D eigenvalue weighted by molar-refractivity contribution is -0.125. The summed E-state index contributed by atoms with van der Waals surface area (Å²) >= 11 is 0. The van der Waals surface area contributed by atoms with Gasteiger partial charge in [0.25, 0.3) is 5.91 Å². The highest BCUT2D eigenvalue weighted by molar-refractivity contribution is 6.05. The summed E-state index contributed by atoms with van der Waals surface area (Å²) in [7, 11) is 1.59. The smallest absolute Gasteiger partial charge is 0.255 e. The number of nitrogens with one attached hydrogen (secondary N) is 2. The van der Waals surface area contributed by atoms with Crippen LogP contribution in [0.2, 0.25) is 0 Å². The van der Waals surface area contributed by atoms with Crippen LogP contribution in [-0.4, -0.2) is 24.6 Å². The molecule has 0 atom stereocenters. The quantitative estimate of drug-likeness (QED) is 0.565. The number of carbonyl (C=O) groups is 2. The number of anilines is 1. The summed E-state index contributed by atoms with van der Waals surface area (Å²) < 4.78 is 5.11. The van der Waals surface area contributed by atoms with Gasteiger partial charge in [-0.1, -0.05) is 31.4 Å². The van der Waals surface area contributed by atoms with E-state index in [1.807, 2.05) is 31.2 Å². The predicted molar refractivity (Wildman–Crippen MR) is 114 cm³/mol. The number of carbonyl (C=O) groups excluding carboxylic acids is 2. The number of ether oxygens (including phenoxy) is 1. The highest BCUT2D eigenvalue weighted by atomic mass is 16.5. The Labute approximate surface area is 171 Å². The van der Waals surface area contributed by atoms with Gasteiger partial charge in [-0.25, -0.2) is 5.43 Å². The Morgan fingerprint density at radius 1 is 1.00 bits per heavy atom. The standard InChI is InChI=1S/C23H27N3O3/c1-16(25-26-23(28)17-7-4-3-5-8-17)19-9-6-10-20(15-19)24-22(27)18-11-13-21(29-2)14-12-18/h6,9-15,17H,3-5,7-8H2,1-2H3,(H,24,27)(H,26,28). The van der Waals surface area contributed by atoms with Crippen LogP contribution in [0.1, 0.15) is 54.9 Å². The molecule has 1 aliphatic rings. The number of hydrazone groups is 1. The molecule has 6 nitrogen and oxygen atoms in total. The molecule has 0 heterocycles. The average Bonchev–Trinajstić information content (AvgIpc) is 2.78. The molecule has 3 rings (SSSR count). The Morgan fingerprint density at radius 2 is 1.72 bits per heavy atom. The number of amides is 2. The fourth-order valence-electron chi connectivity index (χ4n) is 3.43. The van der Waals surface area contributed by atoms with Crippen molar-refractivity contribution in [1.29, 1.82) is 0 Å². The second-order valence-electron chi connectivity index (χ2n) is 7.27. The lowest BCUT2D eigenvalue weighted by atomic mass is 9.89. The second-order valence-corrected chi connectivity index (χ2v) is 7.27. The zero-order valence-electron chi connectivity index (χ0n) is 16.9. The molecule has 0 radical (unpaired) electrons. The molecule has 2 aromatic rings. The number of nitrogens with zero attached hydrogens (tertiary/aromatic N) is 1. The second kappa shape index (κ2) is 9.87. The van der Waals surface area contributed by atoms with Gasteiger partial charge >= 0.3 is 0 Å². The topological polar surface area (TPSA) is 79.8 Å². The van der Waals surface area contributed by atoms with Gasteiger partial charge in [0.2, 0.25) is 5.91 Å². The van der Waals surface area contributed by atoms with Crippen LogP contribution >= 0.6 is 0 Å². The summed E-state index contributed by atoms with van der Waals surface area (Å²) in [6, 6.07) is 14.3. The molecule has 6 heteroatoms. The van der Waals surface area contributed by atoms with Gasteiger partial charge in [-0.2, -0.15) is 5.10 Å². The minimum Gasteiger partial charge on any atom is -0.497 e. The first kappa shape index (κ1) is 20.6. The van der Waals surface area contributed by atoms with Gasteiger partial charge in [0.1, 0.15) is 5.75 Å². The van der Waals surface area contributed by atoms with Gasteiger partial charge in [-0.3, -0.25) is 9.59 Å². The van der Waals surface area contributed by atoms with Gasteiger partial charge in [0.15, 0.2) is 0 Å². The van der Waals surface area contributed by atoms with Crippen LogP contribution in [0.3, 0.4) is 0 Å². The van der Waals surface area contributed by atoms with Gasteiger partial charge in [0, 0.05) is 17.2 Å².